The number of hydrogen-bond acceptors (Lipinski definition) is 4. The smallest absolute Gasteiger partial charge is 0.258 e. The van der Waals surface area contributed by atoms with E-state index < -0.39 is 0 Å². The van der Waals surface area contributed by atoms with Gasteiger partial charge in [-0.2, -0.15) is 4.98 Å². The van der Waals surface area contributed by atoms with Gasteiger partial charge in [0.05, 0.1) is 11.6 Å². The fourth-order valence-electron chi connectivity index (χ4n) is 4.17. The highest BCUT2D eigenvalue weighted by Gasteiger charge is 2.34. The fraction of sp³-hybridized carbons (Fsp3) is 0.148. The molecule has 1 aromatic heterocycles. The highest BCUT2D eigenvalue weighted by atomic mass is 35.5. The fourth-order valence-corrected chi connectivity index (χ4v) is 4.72. The van der Waals surface area contributed by atoms with E-state index in [0.29, 0.717) is 21.9 Å². The zero-order valence-corrected chi connectivity index (χ0v) is 20.6. The number of halogens is 1. The van der Waals surface area contributed by atoms with E-state index in [9.17, 15) is 0 Å². The van der Waals surface area contributed by atoms with Gasteiger partial charge in [-0.3, -0.25) is 4.90 Å². The van der Waals surface area contributed by atoms with Gasteiger partial charge in [-0.15, -0.1) is 0 Å². The number of allylic oxidation sites excluding steroid dienone is 1. The maximum Gasteiger partial charge on any atom is 0.258 e. The number of nitrogens with one attached hydrogen (secondary N) is 1. The molecule has 1 unspecified atom stereocenters. The summed E-state index contributed by atoms with van der Waals surface area (Å²) in [7, 11) is 0. The molecule has 1 atom stereocenters. The van der Waals surface area contributed by atoms with Gasteiger partial charge in [0.25, 0.3) is 5.89 Å². The minimum Gasteiger partial charge on any atom is -0.351 e. The molecule has 0 saturated heterocycles. The van der Waals surface area contributed by atoms with Crippen LogP contribution < -0.4 is 10.2 Å². The summed E-state index contributed by atoms with van der Waals surface area (Å²) in [4.78, 5) is 6.78. The standard InChI is InChI=1S/C27H23ClN4OS/c1-16-12-13-22(14-17(16)2)32-18(3)23(24(29-27(32)34)19-8-5-4-6-9-19)26-30-25(31-33-26)20-10-7-11-21(28)15-20/h4-15,24H,1-3H3,(H,29,34). The molecule has 7 heteroatoms. The van der Waals surface area contributed by atoms with Gasteiger partial charge in [-0.05, 0) is 73.9 Å². The van der Waals surface area contributed by atoms with Crippen molar-refractivity contribution in [3.8, 4) is 11.4 Å². The van der Waals surface area contributed by atoms with E-state index in [0.717, 1.165) is 28.1 Å². The van der Waals surface area contributed by atoms with Crippen molar-refractivity contribution in [1.82, 2.24) is 15.5 Å². The van der Waals surface area contributed by atoms with E-state index in [4.69, 9.17) is 33.3 Å². The normalized spacial score (nSPS) is 16.1. The summed E-state index contributed by atoms with van der Waals surface area (Å²) in [6, 6.07) is 23.6. The topological polar surface area (TPSA) is 54.2 Å². The molecule has 34 heavy (non-hydrogen) atoms. The summed E-state index contributed by atoms with van der Waals surface area (Å²) in [6.07, 6.45) is 0. The highest BCUT2D eigenvalue weighted by molar-refractivity contribution is 7.80. The minimum absolute atomic E-state index is 0.232. The summed E-state index contributed by atoms with van der Waals surface area (Å²) in [6.45, 7) is 6.24. The van der Waals surface area contributed by atoms with Crippen LogP contribution in [0.3, 0.4) is 0 Å². The Hall–Kier alpha value is -3.48. The van der Waals surface area contributed by atoms with Crippen molar-refractivity contribution in [2.75, 3.05) is 4.90 Å². The number of thiocarbonyl (C=S) groups is 1. The van der Waals surface area contributed by atoms with Crippen LogP contribution >= 0.6 is 23.8 Å². The van der Waals surface area contributed by atoms with Crippen LogP contribution in [0.15, 0.2) is 83.0 Å². The predicted molar refractivity (Wildman–Crippen MR) is 141 cm³/mol. The van der Waals surface area contributed by atoms with Crippen molar-refractivity contribution in [2.24, 2.45) is 0 Å². The van der Waals surface area contributed by atoms with Crippen molar-refractivity contribution < 1.29 is 4.52 Å². The van der Waals surface area contributed by atoms with Gasteiger partial charge in [-0.1, -0.05) is 65.3 Å². The third-order valence-corrected chi connectivity index (χ3v) is 6.64. The molecule has 170 valence electrons. The summed E-state index contributed by atoms with van der Waals surface area (Å²) in [5.41, 5.74) is 7.06. The first-order valence-corrected chi connectivity index (χ1v) is 11.7. The van der Waals surface area contributed by atoms with E-state index >= 15 is 0 Å². The van der Waals surface area contributed by atoms with Crippen molar-refractivity contribution >= 4 is 40.2 Å². The summed E-state index contributed by atoms with van der Waals surface area (Å²) >= 11 is 12.0. The van der Waals surface area contributed by atoms with Gasteiger partial charge >= 0.3 is 0 Å². The third kappa shape index (κ3) is 4.11. The third-order valence-electron chi connectivity index (χ3n) is 6.11. The molecule has 0 spiro atoms. The summed E-state index contributed by atoms with van der Waals surface area (Å²) in [5.74, 6) is 0.917. The monoisotopic (exact) mass is 486 g/mol. The lowest BCUT2D eigenvalue weighted by atomic mass is 9.94. The molecule has 1 aliphatic rings. The van der Waals surface area contributed by atoms with Gasteiger partial charge in [0.1, 0.15) is 0 Å². The maximum atomic E-state index is 6.18. The number of aromatic nitrogens is 2. The lowest BCUT2D eigenvalue weighted by molar-refractivity contribution is 0.404. The molecule has 0 radical (unpaired) electrons. The van der Waals surface area contributed by atoms with E-state index in [1.165, 1.54) is 11.1 Å². The van der Waals surface area contributed by atoms with Gasteiger partial charge in [-0.25, -0.2) is 0 Å². The Morgan fingerprint density at radius 1 is 0.941 bits per heavy atom. The van der Waals surface area contributed by atoms with Crippen LogP contribution in [-0.4, -0.2) is 15.3 Å². The van der Waals surface area contributed by atoms with Gasteiger partial charge in [0.15, 0.2) is 5.11 Å². The van der Waals surface area contributed by atoms with Crippen LogP contribution in [0.4, 0.5) is 5.69 Å². The Morgan fingerprint density at radius 2 is 1.74 bits per heavy atom. The van der Waals surface area contributed by atoms with E-state index in [2.05, 4.69) is 54.7 Å². The zero-order chi connectivity index (χ0) is 23.8. The van der Waals surface area contributed by atoms with Crippen LogP contribution in [0.25, 0.3) is 17.0 Å². The van der Waals surface area contributed by atoms with Crippen LogP contribution in [0.5, 0.6) is 0 Å². The van der Waals surface area contributed by atoms with Crippen LogP contribution in [0, 0.1) is 13.8 Å². The zero-order valence-electron chi connectivity index (χ0n) is 19.0. The second-order valence-electron chi connectivity index (χ2n) is 8.33. The highest BCUT2D eigenvalue weighted by Crippen LogP contribution is 2.39. The lowest BCUT2D eigenvalue weighted by Gasteiger charge is -2.37. The molecule has 0 bridgehead atoms. The number of aryl methyl sites for hydroxylation is 2. The van der Waals surface area contributed by atoms with Crippen molar-refractivity contribution in [1.29, 1.82) is 0 Å². The van der Waals surface area contributed by atoms with Gasteiger partial charge in [0.2, 0.25) is 5.82 Å². The largest absolute Gasteiger partial charge is 0.351 e. The molecular formula is C27H23ClN4OS. The molecule has 0 amide bonds. The van der Waals surface area contributed by atoms with Crippen LogP contribution in [0.1, 0.15) is 35.5 Å². The van der Waals surface area contributed by atoms with E-state index in [1.54, 1.807) is 0 Å². The molecule has 3 aromatic carbocycles. The second-order valence-corrected chi connectivity index (χ2v) is 9.15. The molecule has 1 aliphatic heterocycles. The molecule has 0 aliphatic carbocycles. The molecule has 0 fully saturated rings. The molecular weight excluding hydrogens is 464 g/mol. The molecule has 2 heterocycles. The average Bonchev–Trinajstić information content (AvgIpc) is 3.31. The first-order valence-electron chi connectivity index (χ1n) is 11.0. The molecule has 1 N–H and O–H groups in total. The first kappa shape index (κ1) is 22.3. The Labute approximate surface area is 209 Å². The summed E-state index contributed by atoms with van der Waals surface area (Å²) in [5, 5.41) is 8.99. The average molecular weight is 487 g/mol. The maximum absolute atomic E-state index is 6.18. The number of rotatable bonds is 4. The Morgan fingerprint density at radius 3 is 2.47 bits per heavy atom. The lowest BCUT2D eigenvalue weighted by Crippen LogP contribution is -2.46. The Bertz CT molecular complexity index is 1410. The van der Waals surface area contributed by atoms with E-state index in [-0.39, 0.29) is 6.04 Å². The molecule has 4 aromatic rings. The van der Waals surface area contributed by atoms with Crippen molar-refractivity contribution in [3.63, 3.8) is 0 Å². The molecule has 0 saturated carbocycles. The molecule has 5 nitrogen and oxygen atoms in total. The van der Waals surface area contributed by atoms with Crippen molar-refractivity contribution in [2.45, 2.75) is 26.8 Å². The number of anilines is 1. The number of hydrogen-bond donors (Lipinski definition) is 1. The molecule has 5 rings (SSSR count). The second kappa shape index (κ2) is 9.05. The quantitative estimate of drug-likeness (QED) is 0.317. The first-order chi connectivity index (χ1) is 16.4. The number of benzene rings is 3. The SMILES string of the molecule is CC1=C(c2nc(-c3cccc(Cl)c3)no2)C(c2ccccc2)NC(=S)N1c1ccc(C)c(C)c1. The number of nitrogens with zero attached hydrogens (tertiary/aromatic N) is 3. The summed E-state index contributed by atoms with van der Waals surface area (Å²) < 4.78 is 5.81. The van der Waals surface area contributed by atoms with Crippen LogP contribution in [-0.2, 0) is 0 Å². The van der Waals surface area contributed by atoms with Crippen molar-refractivity contribution in [3.05, 3.63) is 106 Å². The predicted octanol–water partition coefficient (Wildman–Crippen LogP) is 6.87. The van der Waals surface area contributed by atoms with E-state index in [1.807, 2.05) is 54.3 Å². The Kier molecular flexibility index (Phi) is 5.94. The van der Waals surface area contributed by atoms with Gasteiger partial charge in [0, 0.05) is 22.0 Å². The van der Waals surface area contributed by atoms with Gasteiger partial charge < -0.3 is 9.84 Å². The Balaban J connectivity index is 1.66. The minimum atomic E-state index is -0.232. The van der Waals surface area contributed by atoms with Crippen LogP contribution in [0.2, 0.25) is 5.02 Å².